The molecule has 0 aliphatic carbocycles. The van der Waals surface area contributed by atoms with Crippen LogP contribution in [0.15, 0.2) is 67.3 Å². The van der Waals surface area contributed by atoms with Gasteiger partial charge in [-0.15, -0.1) is 6.58 Å². The van der Waals surface area contributed by atoms with E-state index in [9.17, 15) is 4.39 Å². The van der Waals surface area contributed by atoms with Crippen LogP contribution in [0.5, 0.6) is 5.75 Å². The van der Waals surface area contributed by atoms with Gasteiger partial charge in [0.1, 0.15) is 18.2 Å². The van der Waals surface area contributed by atoms with Crippen LogP contribution >= 0.6 is 0 Å². The average Bonchev–Trinajstić information content (AvgIpc) is 2.49. The maximum absolute atomic E-state index is 12.9. The molecule has 0 aromatic heterocycles. The van der Waals surface area contributed by atoms with Gasteiger partial charge >= 0.3 is 0 Å². The van der Waals surface area contributed by atoms with E-state index in [-0.39, 0.29) is 5.82 Å². The van der Waals surface area contributed by atoms with Crippen LogP contribution in [0.1, 0.15) is 6.92 Å². The maximum atomic E-state index is 12.9. The van der Waals surface area contributed by atoms with Crippen LogP contribution < -0.4 is 10.1 Å². The fourth-order valence-corrected chi connectivity index (χ4v) is 1.76. The molecule has 2 rings (SSSR count). The number of ether oxygens (including phenoxy) is 1. The first-order valence-corrected chi connectivity index (χ1v) is 6.46. The molecule has 0 aliphatic rings. The molecule has 2 aromatic carbocycles. The Morgan fingerprint density at radius 2 is 1.80 bits per heavy atom. The van der Waals surface area contributed by atoms with Crippen LogP contribution in [0.2, 0.25) is 0 Å². The normalized spacial score (nSPS) is 13.3. The van der Waals surface area contributed by atoms with E-state index in [1.165, 1.54) is 12.1 Å². The van der Waals surface area contributed by atoms with Crippen LogP contribution in [0.25, 0.3) is 0 Å². The Hall–Kier alpha value is -2.29. The van der Waals surface area contributed by atoms with Gasteiger partial charge in [0.2, 0.25) is 0 Å². The van der Waals surface area contributed by atoms with Crippen molar-refractivity contribution in [3.8, 4) is 5.75 Å². The third kappa shape index (κ3) is 3.85. The molecule has 104 valence electrons. The highest BCUT2D eigenvalue weighted by molar-refractivity contribution is 5.46. The molecule has 0 heterocycles. The quantitative estimate of drug-likeness (QED) is 0.793. The lowest BCUT2D eigenvalue weighted by atomic mass is 10.0. The van der Waals surface area contributed by atoms with Crippen molar-refractivity contribution in [2.75, 3.05) is 11.9 Å². The Kier molecular flexibility index (Phi) is 4.41. The van der Waals surface area contributed by atoms with Gasteiger partial charge in [0.05, 0.1) is 5.54 Å². The first kappa shape index (κ1) is 14.1. The van der Waals surface area contributed by atoms with E-state index in [0.29, 0.717) is 6.61 Å². The van der Waals surface area contributed by atoms with Crippen molar-refractivity contribution in [3.63, 3.8) is 0 Å². The lowest BCUT2D eigenvalue weighted by molar-refractivity contribution is 0.272. The zero-order valence-corrected chi connectivity index (χ0v) is 11.5. The molecular formula is C17H18FNO. The Labute approximate surface area is 118 Å². The molecule has 0 aliphatic heterocycles. The van der Waals surface area contributed by atoms with E-state index in [1.54, 1.807) is 18.2 Å². The van der Waals surface area contributed by atoms with Crippen molar-refractivity contribution in [1.82, 2.24) is 0 Å². The summed E-state index contributed by atoms with van der Waals surface area (Å²) in [6, 6.07) is 15.8. The summed E-state index contributed by atoms with van der Waals surface area (Å²) in [4.78, 5) is 0. The van der Waals surface area contributed by atoms with E-state index >= 15 is 0 Å². The van der Waals surface area contributed by atoms with Crippen molar-refractivity contribution >= 4 is 5.69 Å². The third-order valence-corrected chi connectivity index (χ3v) is 3.01. The molecule has 0 amide bonds. The fraction of sp³-hybridized carbons (Fsp3) is 0.176. The molecule has 0 fully saturated rings. The van der Waals surface area contributed by atoms with E-state index in [4.69, 9.17) is 4.74 Å². The molecule has 0 spiro atoms. The minimum atomic E-state index is -0.437. The summed E-state index contributed by atoms with van der Waals surface area (Å²) >= 11 is 0. The van der Waals surface area contributed by atoms with Crippen LogP contribution in [-0.2, 0) is 0 Å². The lowest BCUT2D eigenvalue weighted by Crippen LogP contribution is -2.38. The van der Waals surface area contributed by atoms with E-state index in [1.807, 2.05) is 37.3 Å². The number of nitrogens with one attached hydrogen (secondary N) is 1. The zero-order chi connectivity index (χ0) is 14.4. The van der Waals surface area contributed by atoms with Crippen molar-refractivity contribution in [2.24, 2.45) is 0 Å². The summed E-state index contributed by atoms with van der Waals surface area (Å²) < 4.78 is 18.6. The number of anilines is 1. The summed E-state index contributed by atoms with van der Waals surface area (Å²) in [7, 11) is 0. The van der Waals surface area contributed by atoms with Crippen LogP contribution in [0.3, 0.4) is 0 Å². The molecule has 3 heteroatoms. The van der Waals surface area contributed by atoms with Crippen LogP contribution in [0.4, 0.5) is 10.1 Å². The minimum Gasteiger partial charge on any atom is -0.491 e. The van der Waals surface area contributed by atoms with Crippen LogP contribution in [-0.4, -0.2) is 12.1 Å². The largest absolute Gasteiger partial charge is 0.491 e. The highest BCUT2D eigenvalue weighted by Gasteiger charge is 2.21. The van der Waals surface area contributed by atoms with Crippen molar-refractivity contribution in [2.45, 2.75) is 12.5 Å². The van der Waals surface area contributed by atoms with Gasteiger partial charge < -0.3 is 10.1 Å². The summed E-state index contributed by atoms with van der Waals surface area (Å²) in [6.07, 6.45) is 1.79. The molecule has 0 saturated heterocycles. The van der Waals surface area contributed by atoms with Gasteiger partial charge in [-0.2, -0.15) is 0 Å². The lowest BCUT2D eigenvalue weighted by Gasteiger charge is -2.28. The topological polar surface area (TPSA) is 21.3 Å². The number of benzene rings is 2. The summed E-state index contributed by atoms with van der Waals surface area (Å²) in [5.74, 6) is 0.554. The summed E-state index contributed by atoms with van der Waals surface area (Å²) in [5, 5.41) is 3.29. The molecule has 0 unspecified atom stereocenters. The Morgan fingerprint density at radius 3 is 2.40 bits per heavy atom. The van der Waals surface area contributed by atoms with E-state index in [0.717, 1.165) is 11.4 Å². The van der Waals surface area contributed by atoms with Gasteiger partial charge in [-0.3, -0.25) is 0 Å². The number of hydrogen-bond donors (Lipinski definition) is 1. The molecule has 0 saturated carbocycles. The summed E-state index contributed by atoms with van der Waals surface area (Å²) in [5.41, 5.74) is 0.388. The van der Waals surface area contributed by atoms with Gasteiger partial charge in [0.25, 0.3) is 0 Å². The second-order valence-corrected chi connectivity index (χ2v) is 4.86. The van der Waals surface area contributed by atoms with Gasteiger partial charge in [-0.1, -0.05) is 24.3 Å². The number of para-hydroxylation sites is 1. The Balaban J connectivity index is 2.01. The summed E-state index contributed by atoms with van der Waals surface area (Å²) in [6.45, 7) is 6.25. The molecule has 0 bridgehead atoms. The maximum Gasteiger partial charge on any atom is 0.123 e. The Morgan fingerprint density at radius 1 is 1.15 bits per heavy atom. The molecular weight excluding hydrogens is 253 g/mol. The second kappa shape index (κ2) is 6.24. The molecule has 1 atom stereocenters. The fourth-order valence-electron chi connectivity index (χ4n) is 1.76. The van der Waals surface area contributed by atoms with Gasteiger partial charge in [-0.05, 0) is 43.3 Å². The molecule has 2 nitrogen and oxygen atoms in total. The number of halogens is 1. The molecule has 0 radical (unpaired) electrons. The first-order valence-electron chi connectivity index (χ1n) is 6.46. The molecule has 2 aromatic rings. The molecule has 20 heavy (non-hydrogen) atoms. The Bertz CT molecular complexity index is 553. The average molecular weight is 271 g/mol. The van der Waals surface area contributed by atoms with Crippen molar-refractivity contribution in [1.29, 1.82) is 0 Å². The van der Waals surface area contributed by atoms with Gasteiger partial charge in [-0.25, -0.2) is 4.39 Å². The standard InChI is InChI=1S/C17H18FNO/c1-3-17(2,13-20-16-7-5-4-6-8-16)19-15-11-9-14(18)10-12-15/h3-12,19H,1,13H2,2H3/t17-/m0/s1. The highest BCUT2D eigenvalue weighted by atomic mass is 19.1. The zero-order valence-electron chi connectivity index (χ0n) is 11.5. The predicted octanol–water partition coefficient (Wildman–Crippen LogP) is 4.26. The first-order chi connectivity index (χ1) is 9.61. The van der Waals surface area contributed by atoms with Crippen molar-refractivity contribution < 1.29 is 9.13 Å². The number of hydrogen-bond acceptors (Lipinski definition) is 2. The predicted molar refractivity (Wildman–Crippen MR) is 80.6 cm³/mol. The molecule has 1 N–H and O–H groups in total. The van der Waals surface area contributed by atoms with Gasteiger partial charge in [0.15, 0.2) is 0 Å². The van der Waals surface area contributed by atoms with E-state index in [2.05, 4.69) is 11.9 Å². The van der Waals surface area contributed by atoms with Crippen molar-refractivity contribution in [3.05, 3.63) is 73.1 Å². The SMILES string of the molecule is C=C[C@@](C)(COc1ccccc1)Nc1ccc(F)cc1. The third-order valence-electron chi connectivity index (χ3n) is 3.01. The van der Waals surface area contributed by atoms with Gasteiger partial charge in [0, 0.05) is 5.69 Å². The smallest absolute Gasteiger partial charge is 0.123 e. The van der Waals surface area contributed by atoms with Crippen LogP contribution in [0, 0.1) is 5.82 Å². The highest BCUT2D eigenvalue weighted by Crippen LogP contribution is 2.19. The van der Waals surface area contributed by atoms with E-state index < -0.39 is 5.54 Å². The monoisotopic (exact) mass is 271 g/mol. The second-order valence-electron chi connectivity index (χ2n) is 4.86. The minimum absolute atomic E-state index is 0.253. The number of rotatable bonds is 6.